The summed E-state index contributed by atoms with van der Waals surface area (Å²) in [6.45, 7) is 2.25. The zero-order chi connectivity index (χ0) is 23.9. The Morgan fingerprint density at radius 3 is 2.06 bits per heavy atom. The lowest BCUT2D eigenvalue weighted by molar-refractivity contribution is -0.130. The van der Waals surface area contributed by atoms with Crippen molar-refractivity contribution in [3.63, 3.8) is 0 Å². The Bertz CT molecular complexity index is 1310. The molecule has 3 aromatic carbocycles. The molecule has 0 unspecified atom stereocenters. The van der Waals surface area contributed by atoms with Gasteiger partial charge in [0, 0.05) is 12.1 Å². The molecule has 0 aliphatic carbocycles. The number of hydrogen-bond donors (Lipinski definition) is 1. The monoisotopic (exact) mass is 453 g/mol. The number of nitrogens with one attached hydrogen (secondary N) is 1. The van der Waals surface area contributed by atoms with E-state index >= 15 is 0 Å². The van der Waals surface area contributed by atoms with Gasteiger partial charge in [-0.05, 0) is 24.1 Å². The van der Waals surface area contributed by atoms with Gasteiger partial charge >= 0.3 is 0 Å². The summed E-state index contributed by atoms with van der Waals surface area (Å²) >= 11 is 0. The van der Waals surface area contributed by atoms with Crippen LogP contribution in [0.2, 0.25) is 0 Å². The number of benzene rings is 3. The highest BCUT2D eigenvalue weighted by Crippen LogP contribution is 2.21. The van der Waals surface area contributed by atoms with Crippen molar-refractivity contribution >= 4 is 11.7 Å². The zero-order valence-electron chi connectivity index (χ0n) is 19.1. The van der Waals surface area contributed by atoms with Crippen LogP contribution in [-0.4, -0.2) is 39.5 Å². The largest absolute Gasteiger partial charge is 0.335 e. The first-order valence-electron chi connectivity index (χ1n) is 11.4. The quantitative estimate of drug-likeness (QED) is 0.379. The fraction of sp³-hybridized carbons (Fsp3) is 0.179. The van der Waals surface area contributed by atoms with E-state index in [-0.39, 0.29) is 30.2 Å². The Hall–Kier alpha value is -4.19. The van der Waals surface area contributed by atoms with Crippen molar-refractivity contribution in [2.24, 2.45) is 0 Å². The summed E-state index contributed by atoms with van der Waals surface area (Å²) < 4.78 is 1.38. The van der Waals surface area contributed by atoms with Crippen LogP contribution in [0.25, 0.3) is 16.9 Å². The molecule has 0 saturated heterocycles. The highest BCUT2D eigenvalue weighted by atomic mass is 16.2. The van der Waals surface area contributed by atoms with Crippen molar-refractivity contribution in [3.05, 3.63) is 112 Å². The molecular formula is C28H27N3O3. The summed E-state index contributed by atoms with van der Waals surface area (Å²) in [6, 6.07) is 27.9. The number of para-hydroxylation sites is 1. The number of Topliss-reactive ketones (excluding diaryl/α,β-unsaturated/α-hetero) is 1. The Morgan fingerprint density at radius 2 is 1.44 bits per heavy atom. The SMILES string of the molecule is CCCN(CC(=O)c1c(-c2ccccc2)[nH]n(-c2ccccc2)c1=O)C(=O)Cc1ccccc1. The summed E-state index contributed by atoms with van der Waals surface area (Å²) in [4.78, 5) is 41.5. The zero-order valence-corrected chi connectivity index (χ0v) is 19.1. The van der Waals surface area contributed by atoms with E-state index < -0.39 is 5.56 Å². The Morgan fingerprint density at radius 1 is 0.853 bits per heavy atom. The molecule has 34 heavy (non-hydrogen) atoms. The maximum atomic E-state index is 13.5. The Balaban J connectivity index is 1.69. The van der Waals surface area contributed by atoms with Crippen LogP contribution >= 0.6 is 0 Å². The molecule has 6 nitrogen and oxygen atoms in total. The van der Waals surface area contributed by atoms with Gasteiger partial charge in [-0.25, -0.2) is 4.68 Å². The van der Waals surface area contributed by atoms with Gasteiger partial charge in [0.05, 0.1) is 24.3 Å². The molecule has 0 spiro atoms. The Labute approximate surface area is 198 Å². The van der Waals surface area contributed by atoms with Crippen molar-refractivity contribution in [1.82, 2.24) is 14.7 Å². The minimum absolute atomic E-state index is 0.0590. The molecule has 1 N–H and O–H groups in total. The van der Waals surface area contributed by atoms with Crippen LogP contribution in [0.4, 0.5) is 0 Å². The molecule has 0 saturated carbocycles. The normalized spacial score (nSPS) is 10.7. The molecule has 0 aliphatic rings. The number of H-pyrrole nitrogens is 1. The molecule has 0 aliphatic heterocycles. The summed E-state index contributed by atoms with van der Waals surface area (Å²) in [5.41, 5.74) is 2.33. The average Bonchev–Trinajstić information content (AvgIpc) is 3.22. The van der Waals surface area contributed by atoms with E-state index in [9.17, 15) is 14.4 Å². The van der Waals surface area contributed by atoms with Crippen LogP contribution in [-0.2, 0) is 11.2 Å². The fourth-order valence-electron chi connectivity index (χ4n) is 3.97. The third-order valence-corrected chi connectivity index (χ3v) is 5.63. The number of carbonyl (C=O) groups is 2. The van der Waals surface area contributed by atoms with Gasteiger partial charge in [0.25, 0.3) is 5.56 Å². The molecule has 6 heteroatoms. The standard InChI is InChI=1S/C28H27N3O3/c1-2-18-30(25(33)19-21-12-6-3-7-13-21)20-24(32)26-27(22-14-8-4-9-15-22)29-31(28(26)34)23-16-10-5-11-17-23/h3-17,29H,2,18-20H2,1H3. The van der Waals surface area contributed by atoms with Gasteiger partial charge in [-0.3, -0.25) is 19.5 Å². The van der Waals surface area contributed by atoms with Gasteiger partial charge < -0.3 is 4.90 Å². The summed E-state index contributed by atoms with van der Waals surface area (Å²) in [5.74, 6) is -0.522. The minimum atomic E-state index is -0.429. The molecule has 4 aromatic rings. The lowest BCUT2D eigenvalue weighted by Gasteiger charge is -2.21. The number of ketones is 1. The molecular weight excluding hydrogens is 426 g/mol. The van der Waals surface area contributed by atoms with Crippen molar-refractivity contribution in [2.75, 3.05) is 13.1 Å². The second-order valence-corrected chi connectivity index (χ2v) is 8.10. The van der Waals surface area contributed by atoms with Crippen LogP contribution in [0.1, 0.15) is 29.3 Å². The first-order valence-corrected chi connectivity index (χ1v) is 11.4. The van der Waals surface area contributed by atoms with Gasteiger partial charge in [0.2, 0.25) is 5.91 Å². The smallest absolute Gasteiger partial charge is 0.282 e. The van der Waals surface area contributed by atoms with E-state index in [2.05, 4.69) is 5.10 Å². The molecule has 1 amide bonds. The van der Waals surface area contributed by atoms with Crippen LogP contribution in [0.5, 0.6) is 0 Å². The highest BCUT2D eigenvalue weighted by molar-refractivity contribution is 6.04. The highest BCUT2D eigenvalue weighted by Gasteiger charge is 2.26. The molecule has 0 atom stereocenters. The third-order valence-electron chi connectivity index (χ3n) is 5.63. The number of aromatic nitrogens is 2. The molecule has 1 aromatic heterocycles. The van der Waals surface area contributed by atoms with Gasteiger partial charge in [-0.2, -0.15) is 0 Å². The molecule has 0 bridgehead atoms. The van der Waals surface area contributed by atoms with E-state index in [4.69, 9.17) is 0 Å². The number of rotatable bonds is 9. The topological polar surface area (TPSA) is 75.2 Å². The lowest BCUT2D eigenvalue weighted by Crippen LogP contribution is -2.38. The van der Waals surface area contributed by atoms with Crippen LogP contribution in [0.3, 0.4) is 0 Å². The van der Waals surface area contributed by atoms with Crippen LogP contribution < -0.4 is 5.56 Å². The third kappa shape index (κ3) is 5.07. The molecule has 172 valence electrons. The van der Waals surface area contributed by atoms with Crippen molar-refractivity contribution in [1.29, 1.82) is 0 Å². The second-order valence-electron chi connectivity index (χ2n) is 8.10. The number of amides is 1. The fourth-order valence-corrected chi connectivity index (χ4v) is 3.97. The summed E-state index contributed by atoms with van der Waals surface area (Å²) in [6.07, 6.45) is 0.918. The first-order chi connectivity index (χ1) is 16.6. The van der Waals surface area contributed by atoms with Crippen molar-refractivity contribution in [2.45, 2.75) is 19.8 Å². The van der Waals surface area contributed by atoms with E-state index in [1.807, 2.05) is 85.8 Å². The van der Waals surface area contributed by atoms with Gasteiger partial charge in [-0.1, -0.05) is 85.8 Å². The molecule has 4 rings (SSSR count). The van der Waals surface area contributed by atoms with Gasteiger partial charge in [0.1, 0.15) is 5.56 Å². The summed E-state index contributed by atoms with van der Waals surface area (Å²) in [5, 5.41) is 3.12. The number of nitrogens with zero attached hydrogens (tertiary/aromatic N) is 2. The number of aromatic amines is 1. The molecule has 0 fully saturated rings. The maximum absolute atomic E-state index is 13.5. The number of carbonyl (C=O) groups excluding carboxylic acids is 2. The number of hydrogen-bond acceptors (Lipinski definition) is 3. The van der Waals surface area contributed by atoms with E-state index in [0.717, 1.165) is 11.1 Å². The summed E-state index contributed by atoms with van der Waals surface area (Å²) in [7, 11) is 0. The minimum Gasteiger partial charge on any atom is -0.335 e. The van der Waals surface area contributed by atoms with Gasteiger partial charge in [0.15, 0.2) is 5.78 Å². The maximum Gasteiger partial charge on any atom is 0.282 e. The Kier molecular flexibility index (Phi) is 7.18. The van der Waals surface area contributed by atoms with Crippen LogP contribution in [0.15, 0.2) is 95.8 Å². The lowest BCUT2D eigenvalue weighted by atomic mass is 10.0. The van der Waals surface area contributed by atoms with E-state index in [1.54, 1.807) is 17.0 Å². The second kappa shape index (κ2) is 10.6. The van der Waals surface area contributed by atoms with E-state index in [1.165, 1.54) is 4.68 Å². The predicted octanol–water partition coefficient (Wildman–Crippen LogP) is 4.50. The van der Waals surface area contributed by atoms with Crippen molar-refractivity contribution < 1.29 is 9.59 Å². The van der Waals surface area contributed by atoms with E-state index in [0.29, 0.717) is 24.3 Å². The van der Waals surface area contributed by atoms with Gasteiger partial charge in [-0.15, -0.1) is 0 Å². The average molecular weight is 454 g/mol. The van der Waals surface area contributed by atoms with Crippen LogP contribution in [0, 0.1) is 0 Å². The molecule has 1 heterocycles. The molecule has 0 radical (unpaired) electrons. The first kappa shape index (κ1) is 23.0. The van der Waals surface area contributed by atoms with Crippen molar-refractivity contribution in [3.8, 4) is 16.9 Å². The predicted molar refractivity (Wildman–Crippen MR) is 133 cm³/mol.